The van der Waals surface area contributed by atoms with Crippen LogP contribution in [0.1, 0.15) is 194 Å². The molecule has 1 aliphatic rings. The van der Waals surface area contributed by atoms with Crippen molar-refractivity contribution in [1.29, 1.82) is 0 Å². The second-order valence-corrected chi connectivity index (χ2v) is 12.9. The Kier molecular flexibility index (Phi) is 26.0. The fourth-order valence-corrected chi connectivity index (χ4v) is 6.20. The van der Waals surface area contributed by atoms with Crippen molar-refractivity contribution in [3.8, 4) is 0 Å². The molecule has 0 aliphatic carbocycles. The number of carbonyl (C=O) groups is 1. The summed E-state index contributed by atoms with van der Waals surface area (Å²) in [4.78, 5) is 12.7. The van der Waals surface area contributed by atoms with E-state index in [1.165, 1.54) is 109 Å². The van der Waals surface area contributed by atoms with Gasteiger partial charge in [0, 0.05) is 12.8 Å². The van der Waals surface area contributed by atoms with Crippen LogP contribution in [0.2, 0.25) is 0 Å². The average Bonchev–Trinajstić information content (AvgIpc) is 3.37. The van der Waals surface area contributed by atoms with Crippen LogP contribution in [0.15, 0.2) is 12.7 Å². The molecule has 0 unspecified atom stereocenters. The number of allylic oxidation sites excluding steroid dienone is 1. The molecule has 0 aromatic rings. The van der Waals surface area contributed by atoms with E-state index < -0.39 is 6.10 Å². The van der Waals surface area contributed by atoms with Gasteiger partial charge in [0.05, 0.1) is 18.3 Å². The van der Waals surface area contributed by atoms with Gasteiger partial charge in [0.25, 0.3) is 0 Å². The van der Waals surface area contributed by atoms with E-state index in [1.54, 1.807) is 0 Å². The van der Waals surface area contributed by atoms with Gasteiger partial charge in [-0.3, -0.25) is 4.79 Å². The lowest BCUT2D eigenvalue weighted by atomic mass is 10.00. The second kappa shape index (κ2) is 27.9. The highest BCUT2D eigenvalue weighted by atomic mass is 16.6. The molecule has 1 fully saturated rings. The highest BCUT2D eigenvalue weighted by molar-refractivity contribution is 5.69. The quantitative estimate of drug-likeness (QED) is 0.0523. The zero-order chi connectivity index (χ0) is 29.8. The van der Waals surface area contributed by atoms with Crippen LogP contribution < -0.4 is 0 Å². The van der Waals surface area contributed by atoms with Crippen molar-refractivity contribution in [2.24, 2.45) is 0 Å². The van der Waals surface area contributed by atoms with Crippen LogP contribution in [0.4, 0.5) is 0 Å². The van der Waals surface area contributed by atoms with Crippen molar-refractivity contribution >= 4 is 5.97 Å². The number of aliphatic hydroxyl groups is 1. The molecule has 0 spiro atoms. The Morgan fingerprint density at radius 1 is 0.756 bits per heavy atom. The average molecular weight is 579 g/mol. The number of hydrogen-bond acceptors (Lipinski definition) is 4. The van der Waals surface area contributed by atoms with Gasteiger partial charge in [0.15, 0.2) is 0 Å². The van der Waals surface area contributed by atoms with E-state index in [0.717, 1.165) is 57.8 Å². The van der Waals surface area contributed by atoms with Gasteiger partial charge in [-0.05, 0) is 32.1 Å². The minimum absolute atomic E-state index is 0.0647. The van der Waals surface area contributed by atoms with E-state index in [4.69, 9.17) is 9.47 Å². The first-order valence-corrected chi connectivity index (χ1v) is 18.3. The minimum atomic E-state index is -0.462. The lowest BCUT2D eigenvalue weighted by Gasteiger charge is -2.20. The van der Waals surface area contributed by atoms with E-state index in [1.807, 2.05) is 6.08 Å². The number of aliphatic hydroxyl groups excluding tert-OH is 1. The summed E-state index contributed by atoms with van der Waals surface area (Å²) in [6, 6.07) is 0. The SMILES string of the molecule is C=CCCCCCCC[C@@H](O)[C@H]1C[C@H](OC(=O)CCCCCCCCCCCCCCCCC)[C@H](CCCCC)O1. The number of esters is 1. The van der Waals surface area contributed by atoms with Crippen LogP contribution in [-0.4, -0.2) is 35.5 Å². The largest absolute Gasteiger partial charge is 0.459 e. The molecular weight excluding hydrogens is 508 g/mol. The molecule has 0 saturated carbocycles. The van der Waals surface area contributed by atoms with E-state index >= 15 is 0 Å². The minimum Gasteiger partial charge on any atom is -0.459 e. The second-order valence-electron chi connectivity index (χ2n) is 12.9. The molecule has 4 nitrogen and oxygen atoms in total. The van der Waals surface area contributed by atoms with Gasteiger partial charge in [0.1, 0.15) is 6.10 Å². The topological polar surface area (TPSA) is 55.8 Å². The van der Waals surface area contributed by atoms with Gasteiger partial charge in [0.2, 0.25) is 0 Å². The van der Waals surface area contributed by atoms with Crippen molar-refractivity contribution < 1.29 is 19.4 Å². The summed E-state index contributed by atoms with van der Waals surface area (Å²) < 4.78 is 12.2. The van der Waals surface area contributed by atoms with Crippen LogP contribution >= 0.6 is 0 Å². The molecule has 0 amide bonds. The molecule has 0 aromatic carbocycles. The van der Waals surface area contributed by atoms with Crippen LogP contribution in [0, 0.1) is 0 Å². The highest BCUT2D eigenvalue weighted by Crippen LogP contribution is 2.31. The van der Waals surface area contributed by atoms with Gasteiger partial charge in [-0.2, -0.15) is 0 Å². The molecule has 242 valence electrons. The summed E-state index contributed by atoms with van der Waals surface area (Å²) in [5.41, 5.74) is 0. The summed E-state index contributed by atoms with van der Waals surface area (Å²) in [5.74, 6) is -0.0801. The van der Waals surface area contributed by atoms with Gasteiger partial charge in [-0.15, -0.1) is 6.58 Å². The Hall–Kier alpha value is -0.870. The molecule has 0 bridgehead atoms. The molecular formula is C37H70O4. The van der Waals surface area contributed by atoms with Crippen molar-refractivity contribution in [3.63, 3.8) is 0 Å². The number of unbranched alkanes of at least 4 members (excludes halogenated alkanes) is 21. The Labute approximate surface area is 255 Å². The molecule has 0 aromatic heterocycles. The predicted molar refractivity (Wildman–Crippen MR) is 175 cm³/mol. The van der Waals surface area contributed by atoms with Crippen molar-refractivity contribution in [2.75, 3.05) is 0 Å². The number of carbonyl (C=O) groups excluding carboxylic acids is 1. The molecule has 1 heterocycles. The zero-order valence-electron chi connectivity index (χ0n) is 27.6. The van der Waals surface area contributed by atoms with Gasteiger partial charge in [-0.25, -0.2) is 0 Å². The van der Waals surface area contributed by atoms with Gasteiger partial charge >= 0.3 is 5.97 Å². The fraction of sp³-hybridized carbons (Fsp3) is 0.919. The summed E-state index contributed by atoms with van der Waals surface area (Å²) >= 11 is 0. The summed E-state index contributed by atoms with van der Waals surface area (Å²) in [6.45, 7) is 8.27. The van der Waals surface area contributed by atoms with Crippen LogP contribution in [0.5, 0.6) is 0 Å². The van der Waals surface area contributed by atoms with Gasteiger partial charge in [-0.1, -0.05) is 155 Å². The number of rotatable bonds is 30. The third kappa shape index (κ3) is 21.5. The first kappa shape index (κ1) is 38.2. The third-order valence-corrected chi connectivity index (χ3v) is 8.93. The van der Waals surface area contributed by atoms with Crippen molar-refractivity contribution in [2.45, 2.75) is 218 Å². The standard InChI is InChI=1S/C37H70O4/c1-4-7-10-12-14-15-16-17-18-19-20-21-23-25-28-31-37(39)41-36-32-35(40-34(36)30-26-9-6-3)33(38)29-27-24-22-13-11-8-5-2/h5,33-36,38H,2,4,6-32H2,1,3H3/t33-,34+,35-,36+/m1/s1. The monoisotopic (exact) mass is 579 g/mol. The van der Waals surface area contributed by atoms with Crippen LogP contribution in [-0.2, 0) is 14.3 Å². The Morgan fingerprint density at radius 3 is 1.80 bits per heavy atom. The predicted octanol–water partition coefficient (Wildman–Crippen LogP) is 11.2. The molecule has 4 heteroatoms. The van der Waals surface area contributed by atoms with Crippen LogP contribution in [0.25, 0.3) is 0 Å². The van der Waals surface area contributed by atoms with Crippen molar-refractivity contribution in [1.82, 2.24) is 0 Å². The van der Waals surface area contributed by atoms with E-state index in [-0.39, 0.29) is 24.3 Å². The van der Waals surface area contributed by atoms with E-state index in [9.17, 15) is 9.90 Å². The molecule has 1 aliphatic heterocycles. The van der Waals surface area contributed by atoms with Crippen LogP contribution in [0.3, 0.4) is 0 Å². The summed E-state index contributed by atoms with van der Waals surface area (Å²) in [7, 11) is 0. The molecule has 1 N–H and O–H groups in total. The first-order chi connectivity index (χ1) is 20.1. The molecule has 4 atom stereocenters. The third-order valence-electron chi connectivity index (χ3n) is 8.93. The van der Waals surface area contributed by atoms with E-state index in [2.05, 4.69) is 20.4 Å². The number of hydrogen-bond donors (Lipinski definition) is 1. The Morgan fingerprint density at radius 2 is 1.24 bits per heavy atom. The fourth-order valence-electron chi connectivity index (χ4n) is 6.20. The van der Waals surface area contributed by atoms with E-state index in [0.29, 0.717) is 12.8 Å². The lowest BCUT2D eigenvalue weighted by Crippen LogP contribution is -2.27. The smallest absolute Gasteiger partial charge is 0.306 e. The molecule has 1 saturated heterocycles. The summed E-state index contributed by atoms with van der Waals surface area (Å²) in [5, 5.41) is 10.8. The molecule has 0 radical (unpaired) electrons. The molecule has 41 heavy (non-hydrogen) atoms. The Bertz CT molecular complexity index is 591. The Balaban J connectivity index is 2.15. The van der Waals surface area contributed by atoms with Gasteiger partial charge < -0.3 is 14.6 Å². The zero-order valence-corrected chi connectivity index (χ0v) is 27.6. The first-order valence-electron chi connectivity index (χ1n) is 18.3. The highest BCUT2D eigenvalue weighted by Gasteiger charge is 2.40. The maximum Gasteiger partial charge on any atom is 0.306 e. The normalized spacial score (nSPS) is 19.4. The number of ether oxygens (including phenoxy) is 2. The van der Waals surface area contributed by atoms with Crippen molar-refractivity contribution in [3.05, 3.63) is 12.7 Å². The summed E-state index contributed by atoms with van der Waals surface area (Å²) in [6.07, 6.45) is 34.1. The maximum absolute atomic E-state index is 12.7. The maximum atomic E-state index is 12.7. The molecule has 1 rings (SSSR count). The lowest BCUT2D eigenvalue weighted by molar-refractivity contribution is -0.152.